The van der Waals surface area contributed by atoms with E-state index in [1.54, 1.807) is 0 Å². The normalized spacial score (nSPS) is 20.4. The van der Waals surface area contributed by atoms with Crippen LogP contribution in [0.4, 0.5) is 4.79 Å². The molecule has 0 bridgehead atoms. The number of imide groups is 1. The Kier molecular flexibility index (Phi) is 11.7. The summed E-state index contributed by atoms with van der Waals surface area (Å²) in [5, 5.41) is 12.0. The predicted molar refractivity (Wildman–Crippen MR) is 192 cm³/mol. The number of aliphatic hydroxyl groups excluding tert-OH is 1. The van der Waals surface area contributed by atoms with E-state index in [9.17, 15) is 19.5 Å². The van der Waals surface area contributed by atoms with Gasteiger partial charge in [0, 0.05) is 25.1 Å². The van der Waals surface area contributed by atoms with Gasteiger partial charge in [-0.25, -0.2) is 4.79 Å². The number of carbonyl (C=O) groups is 3. The number of alkyl carbamates (subject to hydrolysis) is 1. The average molecular weight is 690 g/mol. The first-order valence-corrected chi connectivity index (χ1v) is 17.1. The Morgan fingerprint density at radius 1 is 0.922 bits per heavy atom. The highest BCUT2D eigenvalue weighted by molar-refractivity contribution is 6.06. The molecule has 2 fully saturated rings. The number of rotatable bonds is 13. The van der Waals surface area contributed by atoms with Gasteiger partial charge in [-0.2, -0.15) is 0 Å². The van der Waals surface area contributed by atoms with Crippen molar-refractivity contribution < 1.29 is 33.7 Å². The van der Waals surface area contributed by atoms with Gasteiger partial charge in [-0.3, -0.25) is 14.5 Å². The Bertz CT molecular complexity index is 1810. The van der Waals surface area contributed by atoms with Crippen LogP contribution in [-0.4, -0.2) is 65.1 Å². The zero-order valence-corrected chi connectivity index (χ0v) is 28.6. The lowest BCUT2D eigenvalue weighted by Gasteiger charge is -2.37. The standard InChI is InChI=1S/C41H43N3O7/c1-3-20-43(2)25-35-22-37(32-14-12-28(26-45)13-15-32)51-40(50-35)33-18-16-31(17-19-33)34-11-7-10-30(21-34)24-44-38(46)23-36(39(44)47)42-41(48)49-27-29-8-5-4-6-9-29/h3-19,21,35-37,40,45H,1,20,22-27H2,2H3,(H,42,48). The lowest BCUT2D eigenvalue weighted by Crippen LogP contribution is -2.41. The van der Waals surface area contributed by atoms with Crippen molar-refractivity contribution in [3.63, 3.8) is 0 Å². The molecule has 2 aliphatic rings. The summed E-state index contributed by atoms with van der Waals surface area (Å²) in [4.78, 5) is 41.7. The Morgan fingerprint density at radius 3 is 2.37 bits per heavy atom. The summed E-state index contributed by atoms with van der Waals surface area (Å²) in [6, 6.07) is 31.8. The summed E-state index contributed by atoms with van der Waals surface area (Å²) in [6.45, 7) is 5.46. The van der Waals surface area contributed by atoms with Crippen LogP contribution in [0, 0.1) is 0 Å². The minimum Gasteiger partial charge on any atom is -0.445 e. The number of hydrogen-bond acceptors (Lipinski definition) is 8. The van der Waals surface area contributed by atoms with Crippen LogP contribution in [0.3, 0.4) is 0 Å². The highest BCUT2D eigenvalue weighted by atomic mass is 16.7. The minimum absolute atomic E-state index is 0.0118. The topological polar surface area (TPSA) is 118 Å². The van der Waals surface area contributed by atoms with Crippen molar-refractivity contribution in [3.8, 4) is 11.1 Å². The quantitative estimate of drug-likeness (QED) is 0.129. The second-order valence-electron chi connectivity index (χ2n) is 13.0. The van der Waals surface area contributed by atoms with Gasteiger partial charge >= 0.3 is 6.09 Å². The summed E-state index contributed by atoms with van der Waals surface area (Å²) >= 11 is 0. The SMILES string of the molecule is C=CCN(C)CC1CC(c2ccc(CO)cc2)OC(c2ccc(-c3cccc(CN4C(=O)CC(NC(=O)OCc5ccccc5)C4=O)c3)cc2)O1. The van der Waals surface area contributed by atoms with Crippen LogP contribution in [0.5, 0.6) is 0 Å². The Balaban J connectivity index is 1.10. The lowest BCUT2D eigenvalue weighted by molar-refractivity contribution is -0.252. The molecule has 2 N–H and O–H groups in total. The van der Waals surface area contributed by atoms with E-state index >= 15 is 0 Å². The number of nitrogens with zero attached hydrogens (tertiary/aromatic N) is 2. The number of likely N-dealkylation sites (tertiary alicyclic amines) is 1. The van der Waals surface area contributed by atoms with Crippen LogP contribution < -0.4 is 5.32 Å². The monoisotopic (exact) mass is 689 g/mol. The summed E-state index contributed by atoms with van der Waals surface area (Å²) in [5.41, 5.74) is 6.25. The Labute approximate surface area is 298 Å². The van der Waals surface area contributed by atoms with Gasteiger partial charge in [-0.05, 0) is 46.5 Å². The minimum atomic E-state index is -0.970. The molecule has 2 heterocycles. The fourth-order valence-corrected chi connectivity index (χ4v) is 6.41. The molecule has 10 nitrogen and oxygen atoms in total. The summed E-state index contributed by atoms with van der Waals surface area (Å²) < 4.78 is 18.2. The van der Waals surface area contributed by atoms with Gasteiger partial charge in [0.15, 0.2) is 6.29 Å². The molecule has 0 radical (unpaired) electrons. The van der Waals surface area contributed by atoms with Crippen molar-refractivity contribution in [3.05, 3.63) is 144 Å². The lowest BCUT2D eigenvalue weighted by atomic mass is 9.99. The summed E-state index contributed by atoms with van der Waals surface area (Å²) in [7, 11) is 2.04. The summed E-state index contributed by atoms with van der Waals surface area (Å²) in [6.07, 6.45) is 0.873. The number of nitrogens with one attached hydrogen (secondary N) is 1. The molecule has 4 atom stereocenters. The predicted octanol–water partition coefficient (Wildman–Crippen LogP) is 6.06. The number of ether oxygens (including phenoxy) is 3. The molecular weight excluding hydrogens is 646 g/mol. The van der Waals surface area contributed by atoms with E-state index in [1.807, 2.05) is 116 Å². The fraction of sp³-hybridized carbons (Fsp3) is 0.293. The van der Waals surface area contributed by atoms with Crippen LogP contribution in [0.25, 0.3) is 11.1 Å². The van der Waals surface area contributed by atoms with Crippen molar-refractivity contribution >= 4 is 17.9 Å². The molecule has 2 aliphatic heterocycles. The average Bonchev–Trinajstić information content (AvgIpc) is 3.41. The van der Waals surface area contributed by atoms with E-state index in [-0.39, 0.29) is 44.3 Å². The molecule has 4 unspecified atom stereocenters. The molecule has 6 rings (SSSR count). The molecule has 0 saturated carbocycles. The third kappa shape index (κ3) is 9.16. The van der Waals surface area contributed by atoms with Gasteiger partial charge in [-0.15, -0.1) is 6.58 Å². The van der Waals surface area contributed by atoms with Crippen LogP contribution in [-0.2, 0) is 43.6 Å². The maximum Gasteiger partial charge on any atom is 0.408 e. The molecular formula is C41H43N3O7. The Hall–Kier alpha value is -5.13. The zero-order chi connectivity index (χ0) is 35.7. The van der Waals surface area contributed by atoms with Gasteiger partial charge in [0.25, 0.3) is 5.91 Å². The summed E-state index contributed by atoms with van der Waals surface area (Å²) in [5.74, 6) is -0.817. The zero-order valence-electron chi connectivity index (χ0n) is 28.6. The molecule has 10 heteroatoms. The highest BCUT2D eigenvalue weighted by Crippen LogP contribution is 2.38. The molecule has 264 valence electrons. The van der Waals surface area contributed by atoms with Crippen molar-refractivity contribution in [1.82, 2.24) is 15.1 Å². The van der Waals surface area contributed by atoms with Crippen molar-refractivity contribution in [2.45, 2.75) is 57.1 Å². The Morgan fingerprint density at radius 2 is 1.65 bits per heavy atom. The highest BCUT2D eigenvalue weighted by Gasteiger charge is 2.40. The first kappa shape index (κ1) is 35.7. The number of hydrogen-bond donors (Lipinski definition) is 2. The third-order valence-corrected chi connectivity index (χ3v) is 9.10. The molecule has 0 aliphatic carbocycles. The van der Waals surface area contributed by atoms with E-state index in [0.717, 1.165) is 52.0 Å². The molecule has 0 spiro atoms. The number of amides is 3. The molecule has 4 aromatic rings. The maximum atomic E-state index is 13.1. The van der Waals surface area contributed by atoms with E-state index in [4.69, 9.17) is 14.2 Å². The number of likely N-dealkylation sites (N-methyl/N-ethyl adjacent to an activating group) is 1. The second kappa shape index (κ2) is 16.7. The van der Waals surface area contributed by atoms with E-state index in [1.165, 1.54) is 4.90 Å². The van der Waals surface area contributed by atoms with Gasteiger partial charge in [0.2, 0.25) is 5.91 Å². The van der Waals surface area contributed by atoms with Crippen molar-refractivity contribution in [1.29, 1.82) is 0 Å². The van der Waals surface area contributed by atoms with Gasteiger partial charge in [-0.1, -0.05) is 103 Å². The van der Waals surface area contributed by atoms with Gasteiger partial charge < -0.3 is 29.5 Å². The van der Waals surface area contributed by atoms with Crippen LogP contribution >= 0.6 is 0 Å². The smallest absolute Gasteiger partial charge is 0.408 e. The number of benzene rings is 4. The molecule has 3 amide bonds. The van der Waals surface area contributed by atoms with Crippen LogP contribution in [0.1, 0.15) is 53.1 Å². The maximum absolute atomic E-state index is 13.1. The first-order valence-electron chi connectivity index (χ1n) is 17.1. The van der Waals surface area contributed by atoms with E-state index in [0.29, 0.717) is 6.42 Å². The van der Waals surface area contributed by atoms with Gasteiger partial charge in [0.05, 0.1) is 31.8 Å². The molecule has 0 aromatic heterocycles. The van der Waals surface area contributed by atoms with Crippen molar-refractivity contribution in [2.24, 2.45) is 0 Å². The van der Waals surface area contributed by atoms with E-state index in [2.05, 4.69) is 16.8 Å². The van der Waals surface area contributed by atoms with Crippen molar-refractivity contribution in [2.75, 3.05) is 20.1 Å². The fourth-order valence-electron chi connectivity index (χ4n) is 6.41. The largest absolute Gasteiger partial charge is 0.445 e. The molecule has 2 saturated heterocycles. The van der Waals surface area contributed by atoms with Crippen LogP contribution in [0.2, 0.25) is 0 Å². The molecule has 4 aromatic carbocycles. The third-order valence-electron chi connectivity index (χ3n) is 9.10. The second-order valence-corrected chi connectivity index (χ2v) is 13.0. The van der Waals surface area contributed by atoms with Crippen LogP contribution in [0.15, 0.2) is 116 Å². The van der Waals surface area contributed by atoms with E-state index < -0.39 is 24.3 Å². The number of carbonyl (C=O) groups excluding carboxylic acids is 3. The molecule has 51 heavy (non-hydrogen) atoms. The van der Waals surface area contributed by atoms with Gasteiger partial charge in [0.1, 0.15) is 12.6 Å². The first-order chi connectivity index (χ1) is 24.8. The number of aliphatic hydroxyl groups is 1.